The summed E-state index contributed by atoms with van der Waals surface area (Å²) in [6.45, 7) is 1.14. The number of nitrogens with two attached hydrogens (primary N) is 1. The highest BCUT2D eigenvalue weighted by Crippen LogP contribution is 2.32. The molecule has 0 aliphatic carbocycles. The molecule has 2 N–H and O–H groups in total. The highest BCUT2D eigenvalue weighted by atomic mass is 19.1. The van der Waals surface area contributed by atoms with Gasteiger partial charge in [0, 0.05) is 26.6 Å². The van der Waals surface area contributed by atoms with Crippen molar-refractivity contribution in [3.05, 3.63) is 54.3 Å². The molecule has 10 heteroatoms. The predicted octanol–water partition coefficient (Wildman–Crippen LogP) is 2.06. The van der Waals surface area contributed by atoms with Crippen molar-refractivity contribution >= 4 is 45.9 Å². The van der Waals surface area contributed by atoms with Crippen LogP contribution in [0.25, 0.3) is 11.0 Å². The molecule has 2 aliphatic heterocycles. The first-order valence-electron chi connectivity index (χ1n) is 10.6. The van der Waals surface area contributed by atoms with E-state index in [1.807, 2.05) is 36.2 Å². The number of anilines is 3. The number of primary amides is 1. The fourth-order valence-electron chi connectivity index (χ4n) is 4.14. The summed E-state index contributed by atoms with van der Waals surface area (Å²) in [5.74, 6) is -0.318. The first kappa shape index (κ1) is 20.8. The van der Waals surface area contributed by atoms with Crippen molar-refractivity contribution in [3.63, 3.8) is 0 Å². The molecule has 2 amide bonds. The Hall–Kier alpha value is -4.08. The second-order valence-electron chi connectivity index (χ2n) is 8.08. The summed E-state index contributed by atoms with van der Waals surface area (Å²) in [7, 11) is 1.92. The number of nitrogens with zero attached hydrogens (tertiary/aromatic N) is 6. The van der Waals surface area contributed by atoms with Crippen molar-refractivity contribution in [2.24, 2.45) is 10.8 Å². The second kappa shape index (κ2) is 8.12. The summed E-state index contributed by atoms with van der Waals surface area (Å²) in [5.41, 5.74) is 7.69. The molecule has 0 radical (unpaired) electrons. The Morgan fingerprint density at radius 2 is 1.67 bits per heavy atom. The van der Waals surface area contributed by atoms with Crippen LogP contribution in [0.15, 0.2) is 53.6 Å². The summed E-state index contributed by atoms with van der Waals surface area (Å²) >= 11 is 0. The molecule has 1 aromatic heterocycles. The van der Waals surface area contributed by atoms with Crippen molar-refractivity contribution in [1.82, 2.24) is 9.97 Å². The molecule has 0 spiro atoms. The minimum atomic E-state index is -0.841. The Kier molecular flexibility index (Phi) is 5.12. The molecule has 2 aromatic carbocycles. The fourth-order valence-corrected chi connectivity index (χ4v) is 4.14. The zero-order chi connectivity index (χ0) is 23.1. The van der Waals surface area contributed by atoms with E-state index in [9.17, 15) is 14.0 Å². The monoisotopic (exact) mass is 447 g/mol. The van der Waals surface area contributed by atoms with Gasteiger partial charge in [0.1, 0.15) is 17.6 Å². The molecule has 1 unspecified atom stereocenters. The standard InChI is InChI=1S/C23H22FN7O2/c1-29-11-4-12-30(22-21(29)26-16-5-2-3-6-17(16)27-22)23(33)18-13-19(20(25)32)31(28-18)15-9-7-14(24)8-10-15/h2-3,5-10,19H,4,11-13H2,1H3,(H2,25,32). The van der Waals surface area contributed by atoms with Gasteiger partial charge in [-0.05, 0) is 42.8 Å². The number of hydrazone groups is 1. The van der Waals surface area contributed by atoms with Gasteiger partial charge < -0.3 is 10.6 Å². The van der Waals surface area contributed by atoms with Gasteiger partial charge in [0.05, 0.1) is 16.7 Å². The van der Waals surface area contributed by atoms with Gasteiger partial charge in [-0.3, -0.25) is 19.5 Å². The number of benzene rings is 2. The average Bonchev–Trinajstić information content (AvgIpc) is 3.20. The van der Waals surface area contributed by atoms with Crippen LogP contribution in [0, 0.1) is 5.82 Å². The van der Waals surface area contributed by atoms with E-state index in [0.717, 1.165) is 5.52 Å². The smallest absolute Gasteiger partial charge is 0.275 e. The van der Waals surface area contributed by atoms with Crippen LogP contribution in [0.2, 0.25) is 0 Å². The molecule has 0 bridgehead atoms. The maximum absolute atomic E-state index is 13.6. The topological polar surface area (TPSA) is 108 Å². The zero-order valence-electron chi connectivity index (χ0n) is 18.0. The molecule has 0 fully saturated rings. The van der Waals surface area contributed by atoms with E-state index in [0.29, 0.717) is 42.4 Å². The summed E-state index contributed by atoms with van der Waals surface area (Å²) in [5, 5.41) is 5.81. The maximum atomic E-state index is 13.6. The minimum absolute atomic E-state index is 0.0498. The number of carbonyl (C=O) groups is 2. The number of amides is 2. The van der Waals surface area contributed by atoms with E-state index >= 15 is 0 Å². The van der Waals surface area contributed by atoms with Crippen LogP contribution in [0.1, 0.15) is 12.8 Å². The number of halogens is 1. The SMILES string of the molecule is CN1CCCN(C(=O)C2=NN(c3ccc(F)cc3)C(C(N)=O)C2)c2nc3ccccc3nc21. The predicted molar refractivity (Wildman–Crippen MR) is 124 cm³/mol. The van der Waals surface area contributed by atoms with Gasteiger partial charge in [-0.2, -0.15) is 5.10 Å². The fraction of sp³-hybridized carbons (Fsp3) is 0.261. The molecular weight excluding hydrogens is 425 g/mol. The van der Waals surface area contributed by atoms with Crippen LogP contribution >= 0.6 is 0 Å². The highest BCUT2D eigenvalue weighted by molar-refractivity contribution is 6.45. The van der Waals surface area contributed by atoms with Gasteiger partial charge in [0.15, 0.2) is 11.6 Å². The molecule has 0 saturated heterocycles. The Balaban J connectivity index is 1.54. The van der Waals surface area contributed by atoms with E-state index in [2.05, 4.69) is 5.10 Å². The number of hydrogen-bond donors (Lipinski definition) is 1. The average molecular weight is 447 g/mol. The van der Waals surface area contributed by atoms with Crippen molar-refractivity contribution < 1.29 is 14.0 Å². The van der Waals surface area contributed by atoms with Crippen molar-refractivity contribution in [3.8, 4) is 0 Å². The Morgan fingerprint density at radius 3 is 2.33 bits per heavy atom. The number of fused-ring (bicyclic) bond motifs is 2. The Bertz CT molecular complexity index is 1280. The molecule has 2 aliphatic rings. The van der Waals surface area contributed by atoms with Gasteiger partial charge in [-0.1, -0.05) is 12.1 Å². The molecule has 168 valence electrons. The van der Waals surface area contributed by atoms with E-state index < -0.39 is 17.8 Å². The lowest BCUT2D eigenvalue weighted by molar-refractivity contribution is -0.119. The summed E-state index contributed by atoms with van der Waals surface area (Å²) in [6, 6.07) is 12.2. The first-order valence-corrected chi connectivity index (χ1v) is 10.6. The van der Waals surface area contributed by atoms with E-state index in [1.54, 1.807) is 4.90 Å². The normalized spacial score (nSPS) is 18.2. The largest absolute Gasteiger partial charge is 0.368 e. The first-order chi connectivity index (χ1) is 15.9. The van der Waals surface area contributed by atoms with Crippen molar-refractivity contribution in [2.45, 2.75) is 18.9 Å². The van der Waals surface area contributed by atoms with Crippen LogP contribution in [-0.4, -0.2) is 53.7 Å². The van der Waals surface area contributed by atoms with Crippen molar-refractivity contribution in [2.75, 3.05) is 34.9 Å². The van der Waals surface area contributed by atoms with Crippen LogP contribution < -0.4 is 20.5 Å². The quantitative estimate of drug-likeness (QED) is 0.659. The van der Waals surface area contributed by atoms with E-state index in [1.165, 1.54) is 29.3 Å². The molecule has 0 saturated carbocycles. The number of hydrogen-bond acceptors (Lipinski definition) is 7. The number of carbonyl (C=O) groups excluding carboxylic acids is 2. The van der Waals surface area contributed by atoms with Gasteiger partial charge in [-0.15, -0.1) is 0 Å². The molecule has 3 aromatic rings. The maximum Gasteiger partial charge on any atom is 0.275 e. The molecular formula is C23H22FN7O2. The van der Waals surface area contributed by atoms with Crippen molar-refractivity contribution in [1.29, 1.82) is 0 Å². The lowest BCUT2D eigenvalue weighted by atomic mass is 10.1. The van der Waals surface area contributed by atoms with Gasteiger partial charge in [0.2, 0.25) is 5.91 Å². The Morgan fingerprint density at radius 1 is 1.00 bits per heavy atom. The number of aromatic nitrogens is 2. The third-order valence-corrected chi connectivity index (χ3v) is 5.85. The molecule has 3 heterocycles. The van der Waals surface area contributed by atoms with Crippen LogP contribution in [0.3, 0.4) is 0 Å². The molecule has 33 heavy (non-hydrogen) atoms. The highest BCUT2D eigenvalue weighted by Gasteiger charge is 2.38. The number of para-hydroxylation sites is 2. The van der Waals surface area contributed by atoms with Gasteiger partial charge in [0.25, 0.3) is 5.91 Å². The van der Waals surface area contributed by atoms with Crippen LogP contribution in [0.4, 0.5) is 21.7 Å². The molecule has 5 rings (SSSR count). The third kappa shape index (κ3) is 3.73. The minimum Gasteiger partial charge on any atom is -0.368 e. The van der Waals surface area contributed by atoms with E-state index in [4.69, 9.17) is 15.7 Å². The second-order valence-corrected chi connectivity index (χ2v) is 8.08. The lowest BCUT2D eigenvalue weighted by Gasteiger charge is -2.22. The third-order valence-electron chi connectivity index (χ3n) is 5.85. The molecule has 9 nitrogen and oxygen atoms in total. The molecule has 1 atom stereocenters. The van der Waals surface area contributed by atoms with E-state index in [-0.39, 0.29) is 18.0 Å². The number of rotatable bonds is 3. The van der Waals surface area contributed by atoms with Crippen LogP contribution in [0.5, 0.6) is 0 Å². The summed E-state index contributed by atoms with van der Waals surface area (Å²) in [4.78, 5) is 38.8. The lowest BCUT2D eigenvalue weighted by Crippen LogP contribution is -2.41. The summed E-state index contributed by atoms with van der Waals surface area (Å²) < 4.78 is 13.4. The Labute approximate surface area is 189 Å². The summed E-state index contributed by atoms with van der Waals surface area (Å²) in [6.07, 6.45) is 0.763. The van der Waals surface area contributed by atoms with Crippen LogP contribution in [-0.2, 0) is 9.59 Å². The zero-order valence-corrected chi connectivity index (χ0v) is 18.0. The van der Waals surface area contributed by atoms with Gasteiger partial charge >= 0.3 is 0 Å². The van der Waals surface area contributed by atoms with Gasteiger partial charge in [-0.25, -0.2) is 14.4 Å².